The number of benzene rings is 3. The first-order valence-corrected chi connectivity index (χ1v) is 11.1. The summed E-state index contributed by atoms with van der Waals surface area (Å²) in [7, 11) is 0. The molecule has 0 unspecified atom stereocenters. The Labute approximate surface area is 195 Å². The number of rotatable bonds is 6. The standard InChI is InChI=1S/C26H21IO4/c1-3-30-23-14-18(12-21-24(28)19-6-4-5-7-20(19)25(21)29)13-22(27)26(23)31-15-17-10-8-16(2)9-11-17/h4-14H,3,15H2,1-2H3. The molecule has 5 heteroatoms. The maximum absolute atomic E-state index is 12.7. The average molecular weight is 524 g/mol. The summed E-state index contributed by atoms with van der Waals surface area (Å²) in [6.07, 6.45) is 1.64. The van der Waals surface area contributed by atoms with E-state index in [1.807, 2.05) is 38.1 Å². The molecule has 3 aromatic rings. The summed E-state index contributed by atoms with van der Waals surface area (Å²) >= 11 is 2.19. The minimum absolute atomic E-state index is 0.174. The highest BCUT2D eigenvalue weighted by Gasteiger charge is 2.32. The van der Waals surface area contributed by atoms with Gasteiger partial charge >= 0.3 is 0 Å². The third-order valence-corrected chi connectivity index (χ3v) is 5.85. The van der Waals surface area contributed by atoms with E-state index < -0.39 is 0 Å². The number of ketones is 2. The normalized spacial score (nSPS) is 12.7. The smallest absolute Gasteiger partial charge is 0.197 e. The second-order valence-corrected chi connectivity index (χ2v) is 8.46. The number of carbonyl (C=O) groups is 2. The molecule has 0 atom stereocenters. The van der Waals surface area contributed by atoms with E-state index in [2.05, 4.69) is 34.7 Å². The van der Waals surface area contributed by atoms with E-state index in [1.165, 1.54) is 5.56 Å². The summed E-state index contributed by atoms with van der Waals surface area (Å²) in [4.78, 5) is 25.4. The van der Waals surface area contributed by atoms with Crippen LogP contribution in [0.25, 0.3) is 6.08 Å². The lowest BCUT2D eigenvalue weighted by molar-refractivity contribution is 0.0990. The number of aryl methyl sites for hydroxylation is 1. The fourth-order valence-corrected chi connectivity index (χ4v) is 4.27. The van der Waals surface area contributed by atoms with Crippen LogP contribution in [0.1, 0.15) is 44.3 Å². The van der Waals surface area contributed by atoms with Gasteiger partial charge in [-0.15, -0.1) is 0 Å². The average Bonchev–Trinajstić information content (AvgIpc) is 3.00. The van der Waals surface area contributed by atoms with Gasteiger partial charge in [-0.25, -0.2) is 0 Å². The number of carbonyl (C=O) groups excluding carboxylic acids is 2. The van der Waals surface area contributed by atoms with Gasteiger partial charge in [0.25, 0.3) is 0 Å². The molecular formula is C26H21IO4. The lowest BCUT2D eigenvalue weighted by Crippen LogP contribution is -2.03. The molecule has 156 valence electrons. The Morgan fingerprint density at radius 1 is 0.903 bits per heavy atom. The number of Topliss-reactive ketones (excluding diaryl/α,β-unsaturated/α-hetero) is 2. The molecule has 0 aromatic heterocycles. The molecule has 0 saturated carbocycles. The van der Waals surface area contributed by atoms with Crippen molar-refractivity contribution in [3.63, 3.8) is 0 Å². The number of ether oxygens (including phenoxy) is 2. The molecule has 0 heterocycles. The zero-order valence-corrected chi connectivity index (χ0v) is 19.4. The van der Waals surface area contributed by atoms with Crippen LogP contribution in [0.3, 0.4) is 0 Å². The molecule has 1 aliphatic rings. The molecule has 0 amide bonds. The Bertz CT molecular complexity index is 1160. The number of hydrogen-bond acceptors (Lipinski definition) is 4. The first kappa shape index (κ1) is 21.3. The lowest BCUT2D eigenvalue weighted by atomic mass is 10.1. The van der Waals surface area contributed by atoms with Crippen molar-refractivity contribution in [2.24, 2.45) is 0 Å². The van der Waals surface area contributed by atoms with Gasteiger partial charge in [-0.05, 0) is 65.8 Å². The van der Waals surface area contributed by atoms with E-state index in [-0.39, 0.29) is 17.1 Å². The van der Waals surface area contributed by atoms with Gasteiger partial charge in [0, 0.05) is 11.1 Å². The van der Waals surface area contributed by atoms with Crippen LogP contribution < -0.4 is 9.47 Å². The predicted octanol–water partition coefficient (Wildman–Crippen LogP) is 6.04. The van der Waals surface area contributed by atoms with Crippen molar-refractivity contribution in [2.45, 2.75) is 20.5 Å². The molecule has 1 aliphatic carbocycles. The molecule has 0 radical (unpaired) electrons. The van der Waals surface area contributed by atoms with Gasteiger partial charge in [0.15, 0.2) is 23.1 Å². The molecule has 0 aliphatic heterocycles. The van der Waals surface area contributed by atoms with E-state index in [0.717, 1.165) is 14.7 Å². The Morgan fingerprint density at radius 2 is 1.55 bits per heavy atom. The molecule has 4 rings (SSSR count). The number of fused-ring (bicyclic) bond motifs is 1. The van der Waals surface area contributed by atoms with Crippen molar-refractivity contribution in [3.05, 3.63) is 97.6 Å². The Kier molecular flexibility index (Phi) is 6.23. The Balaban J connectivity index is 1.64. The fraction of sp³-hybridized carbons (Fsp3) is 0.154. The van der Waals surface area contributed by atoms with Crippen LogP contribution in [0.4, 0.5) is 0 Å². The summed E-state index contributed by atoms with van der Waals surface area (Å²) < 4.78 is 12.7. The van der Waals surface area contributed by atoms with Crippen molar-refractivity contribution in [1.29, 1.82) is 0 Å². The van der Waals surface area contributed by atoms with Crippen LogP contribution in [-0.2, 0) is 6.61 Å². The third kappa shape index (κ3) is 4.42. The van der Waals surface area contributed by atoms with Crippen LogP contribution in [0, 0.1) is 10.5 Å². The van der Waals surface area contributed by atoms with Crippen LogP contribution in [0.2, 0.25) is 0 Å². The van der Waals surface area contributed by atoms with Gasteiger partial charge in [-0.1, -0.05) is 54.1 Å². The van der Waals surface area contributed by atoms with E-state index in [4.69, 9.17) is 9.47 Å². The van der Waals surface area contributed by atoms with Gasteiger partial charge in [0.1, 0.15) is 6.61 Å². The summed E-state index contributed by atoms with van der Waals surface area (Å²) in [6.45, 7) is 4.85. The van der Waals surface area contributed by atoms with Crippen molar-refractivity contribution in [2.75, 3.05) is 6.61 Å². The number of allylic oxidation sites excluding steroid dienone is 1. The molecule has 0 saturated heterocycles. The summed E-state index contributed by atoms with van der Waals surface area (Å²) in [5, 5.41) is 0. The highest BCUT2D eigenvalue weighted by molar-refractivity contribution is 14.1. The van der Waals surface area contributed by atoms with E-state index in [9.17, 15) is 9.59 Å². The minimum atomic E-state index is -0.242. The van der Waals surface area contributed by atoms with Gasteiger partial charge < -0.3 is 9.47 Å². The fourth-order valence-electron chi connectivity index (χ4n) is 3.48. The Hall–Kier alpha value is -2.93. The van der Waals surface area contributed by atoms with Gasteiger partial charge in [-0.3, -0.25) is 9.59 Å². The van der Waals surface area contributed by atoms with E-state index in [0.29, 0.717) is 35.8 Å². The maximum Gasteiger partial charge on any atom is 0.197 e. The Morgan fingerprint density at radius 3 is 2.16 bits per heavy atom. The van der Waals surface area contributed by atoms with Crippen LogP contribution >= 0.6 is 22.6 Å². The highest BCUT2D eigenvalue weighted by atomic mass is 127. The highest BCUT2D eigenvalue weighted by Crippen LogP contribution is 2.36. The molecule has 3 aromatic carbocycles. The van der Waals surface area contributed by atoms with Crippen LogP contribution in [0.15, 0.2) is 66.2 Å². The molecule has 0 fully saturated rings. The first-order valence-electron chi connectivity index (χ1n) is 10.0. The van der Waals surface area contributed by atoms with Gasteiger partial charge in [0.05, 0.1) is 15.8 Å². The predicted molar refractivity (Wildman–Crippen MR) is 129 cm³/mol. The van der Waals surface area contributed by atoms with E-state index in [1.54, 1.807) is 30.3 Å². The second-order valence-electron chi connectivity index (χ2n) is 7.30. The third-order valence-electron chi connectivity index (χ3n) is 5.05. The number of halogens is 1. The van der Waals surface area contributed by atoms with Gasteiger partial charge in [-0.2, -0.15) is 0 Å². The molecule has 31 heavy (non-hydrogen) atoms. The van der Waals surface area contributed by atoms with Crippen molar-refractivity contribution < 1.29 is 19.1 Å². The van der Waals surface area contributed by atoms with Crippen molar-refractivity contribution >= 4 is 40.2 Å². The van der Waals surface area contributed by atoms with E-state index >= 15 is 0 Å². The summed E-state index contributed by atoms with van der Waals surface area (Å²) in [5.74, 6) is 0.753. The minimum Gasteiger partial charge on any atom is -0.490 e. The summed E-state index contributed by atoms with van der Waals surface area (Å²) in [5.41, 5.74) is 4.07. The van der Waals surface area contributed by atoms with Crippen LogP contribution in [0.5, 0.6) is 11.5 Å². The molecular weight excluding hydrogens is 503 g/mol. The topological polar surface area (TPSA) is 52.6 Å². The first-order chi connectivity index (χ1) is 15.0. The zero-order valence-electron chi connectivity index (χ0n) is 17.3. The molecule has 0 spiro atoms. The zero-order chi connectivity index (χ0) is 22.0. The maximum atomic E-state index is 12.7. The second kappa shape index (κ2) is 9.06. The van der Waals surface area contributed by atoms with Gasteiger partial charge in [0.2, 0.25) is 0 Å². The summed E-state index contributed by atoms with van der Waals surface area (Å²) in [6, 6.07) is 18.8. The number of hydrogen-bond donors (Lipinski definition) is 0. The lowest BCUT2D eigenvalue weighted by Gasteiger charge is -2.15. The largest absolute Gasteiger partial charge is 0.490 e. The van der Waals surface area contributed by atoms with Crippen LogP contribution in [-0.4, -0.2) is 18.2 Å². The van der Waals surface area contributed by atoms with Crippen molar-refractivity contribution in [3.8, 4) is 11.5 Å². The SMILES string of the molecule is CCOc1cc(C=C2C(=O)c3ccccc3C2=O)cc(I)c1OCc1ccc(C)cc1. The van der Waals surface area contributed by atoms with Crippen molar-refractivity contribution in [1.82, 2.24) is 0 Å². The molecule has 0 N–H and O–H groups in total. The molecule has 0 bridgehead atoms. The molecule has 4 nitrogen and oxygen atoms in total. The monoisotopic (exact) mass is 524 g/mol. The quantitative estimate of drug-likeness (QED) is 0.224.